The minimum Gasteiger partial charge on any atom is -0.366 e. The lowest BCUT2D eigenvalue weighted by Gasteiger charge is -2.11. The maximum absolute atomic E-state index is 14.4. The average Bonchev–Trinajstić information content (AvgIpc) is 3.00. The molecule has 2 aromatic rings. The molecule has 1 aliphatic rings. The van der Waals surface area contributed by atoms with Crippen molar-refractivity contribution in [3.8, 4) is 11.1 Å². The Bertz CT molecular complexity index is 693. The van der Waals surface area contributed by atoms with Crippen molar-refractivity contribution in [1.82, 2.24) is 5.32 Å². The third kappa shape index (κ3) is 3.02. The molecule has 1 heterocycles. The summed E-state index contributed by atoms with van der Waals surface area (Å²) >= 11 is 0. The monoisotopic (exact) mass is 298 g/mol. The summed E-state index contributed by atoms with van der Waals surface area (Å²) in [7, 11) is 0. The topological polar surface area (TPSA) is 55.1 Å². The molecule has 0 aromatic heterocycles. The standard InChI is InChI=1S/C18H19FN2O/c19-17-15(5-2-6-16(17)18(20)22)14-4-1-3-12(10-14)9-13-7-8-21-11-13/h1-6,10,13,21H,7-9,11H2,(H2,20,22). The van der Waals surface area contributed by atoms with Gasteiger partial charge in [-0.3, -0.25) is 4.79 Å². The Morgan fingerprint density at radius 3 is 2.82 bits per heavy atom. The Morgan fingerprint density at radius 2 is 2.09 bits per heavy atom. The van der Waals surface area contributed by atoms with Gasteiger partial charge in [-0.2, -0.15) is 0 Å². The molecule has 3 N–H and O–H groups in total. The van der Waals surface area contributed by atoms with Gasteiger partial charge in [-0.15, -0.1) is 0 Å². The second-order valence-corrected chi connectivity index (χ2v) is 5.79. The first kappa shape index (κ1) is 14.7. The van der Waals surface area contributed by atoms with Gasteiger partial charge >= 0.3 is 0 Å². The van der Waals surface area contributed by atoms with Gasteiger partial charge in [0.1, 0.15) is 5.82 Å². The molecule has 1 atom stereocenters. The zero-order valence-electron chi connectivity index (χ0n) is 12.3. The van der Waals surface area contributed by atoms with Crippen LogP contribution < -0.4 is 11.1 Å². The van der Waals surface area contributed by atoms with Crippen molar-refractivity contribution in [3.05, 3.63) is 59.4 Å². The van der Waals surface area contributed by atoms with Crippen LogP contribution in [0.2, 0.25) is 0 Å². The van der Waals surface area contributed by atoms with Gasteiger partial charge in [-0.05, 0) is 49.0 Å². The summed E-state index contributed by atoms with van der Waals surface area (Å²) in [5.74, 6) is -0.653. The number of hydrogen-bond acceptors (Lipinski definition) is 2. The predicted molar refractivity (Wildman–Crippen MR) is 85.0 cm³/mol. The minimum atomic E-state index is -0.743. The van der Waals surface area contributed by atoms with Gasteiger partial charge in [-0.1, -0.05) is 36.4 Å². The van der Waals surface area contributed by atoms with Crippen LogP contribution in [0, 0.1) is 11.7 Å². The molecule has 3 nitrogen and oxygen atoms in total. The molecule has 1 saturated heterocycles. The van der Waals surface area contributed by atoms with Gasteiger partial charge in [-0.25, -0.2) is 4.39 Å². The molecule has 3 rings (SSSR count). The summed E-state index contributed by atoms with van der Waals surface area (Å²) in [5, 5.41) is 3.36. The van der Waals surface area contributed by atoms with Crippen LogP contribution in [-0.4, -0.2) is 19.0 Å². The molecule has 0 bridgehead atoms. The molecule has 2 aromatic carbocycles. The van der Waals surface area contributed by atoms with Crippen LogP contribution in [0.25, 0.3) is 11.1 Å². The smallest absolute Gasteiger partial charge is 0.251 e. The number of rotatable bonds is 4. The molecule has 1 fully saturated rings. The van der Waals surface area contributed by atoms with E-state index >= 15 is 0 Å². The van der Waals surface area contributed by atoms with Crippen molar-refractivity contribution >= 4 is 5.91 Å². The molecule has 0 spiro atoms. The molecular formula is C18H19FN2O. The van der Waals surface area contributed by atoms with E-state index in [4.69, 9.17) is 5.73 Å². The Balaban J connectivity index is 1.91. The number of carbonyl (C=O) groups is 1. The number of halogens is 1. The number of benzene rings is 2. The Labute approximate surface area is 129 Å². The maximum Gasteiger partial charge on any atom is 0.251 e. The summed E-state index contributed by atoms with van der Waals surface area (Å²) in [5.41, 5.74) is 7.54. The van der Waals surface area contributed by atoms with Crippen molar-refractivity contribution in [2.45, 2.75) is 12.8 Å². The van der Waals surface area contributed by atoms with Crippen LogP contribution in [0.3, 0.4) is 0 Å². The molecule has 4 heteroatoms. The molecule has 1 unspecified atom stereocenters. The largest absolute Gasteiger partial charge is 0.366 e. The number of nitrogens with two attached hydrogens (primary N) is 1. The van der Waals surface area contributed by atoms with Crippen molar-refractivity contribution in [1.29, 1.82) is 0 Å². The molecule has 1 amide bonds. The number of nitrogens with one attached hydrogen (secondary N) is 1. The Kier molecular flexibility index (Phi) is 4.20. The van der Waals surface area contributed by atoms with E-state index in [9.17, 15) is 9.18 Å². The summed E-state index contributed by atoms with van der Waals surface area (Å²) in [6.45, 7) is 2.11. The van der Waals surface area contributed by atoms with Crippen LogP contribution in [0.1, 0.15) is 22.3 Å². The van der Waals surface area contributed by atoms with E-state index in [0.29, 0.717) is 11.5 Å². The maximum atomic E-state index is 14.4. The number of primary amides is 1. The SMILES string of the molecule is NC(=O)c1cccc(-c2cccc(CC3CCNC3)c2)c1F. The van der Waals surface area contributed by atoms with E-state index in [0.717, 1.165) is 25.1 Å². The zero-order chi connectivity index (χ0) is 15.5. The van der Waals surface area contributed by atoms with E-state index in [2.05, 4.69) is 11.4 Å². The van der Waals surface area contributed by atoms with Crippen molar-refractivity contribution in [2.24, 2.45) is 11.7 Å². The fourth-order valence-electron chi connectivity index (χ4n) is 3.03. The quantitative estimate of drug-likeness (QED) is 0.912. The molecule has 0 aliphatic carbocycles. The molecule has 22 heavy (non-hydrogen) atoms. The Morgan fingerprint density at radius 1 is 1.27 bits per heavy atom. The number of amides is 1. The minimum absolute atomic E-state index is 0.0668. The fraction of sp³-hybridized carbons (Fsp3) is 0.278. The first-order valence-electron chi connectivity index (χ1n) is 7.53. The van der Waals surface area contributed by atoms with E-state index in [1.165, 1.54) is 18.1 Å². The van der Waals surface area contributed by atoms with Crippen molar-refractivity contribution in [2.75, 3.05) is 13.1 Å². The summed E-state index contributed by atoms with van der Waals surface area (Å²) in [6.07, 6.45) is 2.16. The van der Waals surface area contributed by atoms with Crippen LogP contribution in [0.15, 0.2) is 42.5 Å². The normalized spacial score (nSPS) is 17.6. The van der Waals surface area contributed by atoms with E-state index in [1.54, 1.807) is 12.1 Å². The molecule has 0 radical (unpaired) electrons. The second kappa shape index (κ2) is 6.28. The lowest BCUT2D eigenvalue weighted by Crippen LogP contribution is -2.13. The van der Waals surface area contributed by atoms with Crippen molar-refractivity contribution < 1.29 is 9.18 Å². The summed E-state index contributed by atoms with van der Waals surface area (Å²) < 4.78 is 14.4. The molecule has 114 valence electrons. The summed E-state index contributed by atoms with van der Waals surface area (Å²) in [6, 6.07) is 12.6. The van der Waals surface area contributed by atoms with Crippen molar-refractivity contribution in [3.63, 3.8) is 0 Å². The fourth-order valence-corrected chi connectivity index (χ4v) is 3.03. The lowest BCUT2D eigenvalue weighted by molar-refractivity contribution is 0.0996. The number of carbonyl (C=O) groups excluding carboxylic acids is 1. The van der Waals surface area contributed by atoms with Crippen LogP contribution in [0.4, 0.5) is 4.39 Å². The molecule has 1 aliphatic heterocycles. The lowest BCUT2D eigenvalue weighted by atomic mass is 9.95. The molecule has 0 saturated carbocycles. The van der Waals surface area contributed by atoms with E-state index in [-0.39, 0.29) is 5.56 Å². The van der Waals surface area contributed by atoms with Crippen LogP contribution in [0.5, 0.6) is 0 Å². The van der Waals surface area contributed by atoms with Gasteiger partial charge in [0.15, 0.2) is 0 Å². The summed E-state index contributed by atoms with van der Waals surface area (Å²) in [4.78, 5) is 11.3. The van der Waals surface area contributed by atoms with Crippen LogP contribution in [-0.2, 0) is 6.42 Å². The highest BCUT2D eigenvalue weighted by atomic mass is 19.1. The van der Waals surface area contributed by atoms with Gasteiger partial charge in [0, 0.05) is 5.56 Å². The highest BCUT2D eigenvalue weighted by molar-refractivity contribution is 5.94. The van der Waals surface area contributed by atoms with Crippen LogP contribution >= 0.6 is 0 Å². The third-order valence-corrected chi connectivity index (χ3v) is 4.19. The average molecular weight is 298 g/mol. The van der Waals surface area contributed by atoms with E-state index < -0.39 is 11.7 Å². The molecular weight excluding hydrogens is 279 g/mol. The second-order valence-electron chi connectivity index (χ2n) is 5.79. The zero-order valence-corrected chi connectivity index (χ0v) is 12.3. The van der Waals surface area contributed by atoms with Gasteiger partial charge in [0.25, 0.3) is 5.91 Å². The predicted octanol–water partition coefficient (Wildman–Crippen LogP) is 2.74. The van der Waals surface area contributed by atoms with Gasteiger partial charge < -0.3 is 11.1 Å². The van der Waals surface area contributed by atoms with E-state index in [1.807, 2.05) is 18.2 Å². The highest BCUT2D eigenvalue weighted by Crippen LogP contribution is 2.27. The third-order valence-electron chi connectivity index (χ3n) is 4.19. The first-order chi connectivity index (χ1) is 10.6. The number of hydrogen-bond donors (Lipinski definition) is 2. The van der Waals surface area contributed by atoms with Gasteiger partial charge in [0.2, 0.25) is 0 Å². The van der Waals surface area contributed by atoms with Gasteiger partial charge in [0.05, 0.1) is 5.56 Å². The Hall–Kier alpha value is -2.20. The first-order valence-corrected chi connectivity index (χ1v) is 7.53. The highest BCUT2D eigenvalue weighted by Gasteiger charge is 2.16.